The highest BCUT2D eigenvalue weighted by Crippen LogP contribution is 2.27. The van der Waals surface area contributed by atoms with Gasteiger partial charge in [-0.1, -0.05) is 12.1 Å². The molecule has 1 amide bonds. The van der Waals surface area contributed by atoms with Crippen LogP contribution in [-0.4, -0.2) is 23.6 Å². The smallest absolute Gasteiger partial charge is 0.226 e. The number of benzene rings is 2. The minimum absolute atomic E-state index is 0.0545. The van der Waals surface area contributed by atoms with E-state index in [-0.39, 0.29) is 12.0 Å². The minimum atomic E-state index is -0.0545. The molecule has 30 heavy (non-hydrogen) atoms. The SMILES string of the molecule is Cc1ccc(C)c(OCCCC(=O)Nc2nc(-c3ccc(OC(C)C)cc3)cs2)c1. The average Bonchev–Trinajstić information content (AvgIpc) is 3.16. The summed E-state index contributed by atoms with van der Waals surface area (Å²) < 4.78 is 11.5. The molecule has 0 aliphatic carbocycles. The molecule has 1 aromatic heterocycles. The summed E-state index contributed by atoms with van der Waals surface area (Å²) in [6.45, 7) is 8.56. The monoisotopic (exact) mass is 424 g/mol. The van der Waals surface area contributed by atoms with Crippen LogP contribution >= 0.6 is 11.3 Å². The fraction of sp³-hybridized carbons (Fsp3) is 0.333. The molecule has 0 fully saturated rings. The predicted molar refractivity (Wildman–Crippen MR) is 123 cm³/mol. The molecule has 0 unspecified atom stereocenters. The number of nitrogens with zero attached hydrogens (tertiary/aromatic N) is 1. The van der Waals surface area contributed by atoms with E-state index in [4.69, 9.17) is 9.47 Å². The van der Waals surface area contributed by atoms with Gasteiger partial charge >= 0.3 is 0 Å². The van der Waals surface area contributed by atoms with Gasteiger partial charge in [0.2, 0.25) is 5.91 Å². The first-order valence-corrected chi connectivity index (χ1v) is 11.0. The second-order valence-corrected chi connectivity index (χ2v) is 8.36. The zero-order valence-electron chi connectivity index (χ0n) is 17.9. The van der Waals surface area contributed by atoms with Gasteiger partial charge in [0.1, 0.15) is 11.5 Å². The van der Waals surface area contributed by atoms with E-state index in [0.29, 0.717) is 24.6 Å². The zero-order valence-corrected chi connectivity index (χ0v) is 18.7. The van der Waals surface area contributed by atoms with Crippen LogP contribution in [0.2, 0.25) is 0 Å². The van der Waals surface area contributed by atoms with E-state index in [1.165, 1.54) is 11.3 Å². The van der Waals surface area contributed by atoms with Gasteiger partial charge in [-0.05, 0) is 75.6 Å². The molecule has 158 valence electrons. The van der Waals surface area contributed by atoms with Crippen molar-refractivity contribution in [3.63, 3.8) is 0 Å². The Morgan fingerprint density at radius 1 is 1.13 bits per heavy atom. The number of hydrogen-bond donors (Lipinski definition) is 1. The number of aryl methyl sites for hydroxylation is 2. The van der Waals surface area contributed by atoms with Crippen LogP contribution in [0.5, 0.6) is 11.5 Å². The molecule has 1 heterocycles. The highest BCUT2D eigenvalue weighted by molar-refractivity contribution is 7.14. The van der Waals surface area contributed by atoms with Crippen molar-refractivity contribution >= 4 is 22.4 Å². The van der Waals surface area contributed by atoms with Crippen molar-refractivity contribution in [3.8, 4) is 22.8 Å². The molecule has 3 rings (SSSR count). The number of carbonyl (C=O) groups is 1. The van der Waals surface area contributed by atoms with E-state index in [2.05, 4.69) is 16.4 Å². The Balaban J connectivity index is 1.46. The maximum absolute atomic E-state index is 12.2. The van der Waals surface area contributed by atoms with E-state index >= 15 is 0 Å². The molecule has 0 saturated heterocycles. The number of nitrogens with one attached hydrogen (secondary N) is 1. The molecule has 0 aliphatic heterocycles. The van der Waals surface area contributed by atoms with E-state index in [9.17, 15) is 4.79 Å². The van der Waals surface area contributed by atoms with Gasteiger partial charge in [0.05, 0.1) is 18.4 Å². The number of carbonyl (C=O) groups excluding carboxylic acids is 1. The molecule has 6 heteroatoms. The molecule has 0 aliphatic rings. The topological polar surface area (TPSA) is 60.5 Å². The molecule has 0 atom stereocenters. The number of anilines is 1. The summed E-state index contributed by atoms with van der Waals surface area (Å²) in [6.07, 6.45) is 1.18. The van der Waals surface area contributed by atoms with E-state index in [1.54, 1.807) is 0 Å². The van der Waals surface area contributed by atoms with E-state index < -0.39 is 0 Å². The van der Waals surface area contributed by atoms with Crippen LogP contribution in [0.3, 0.4) is 0 Å². The molecule has 0 saturated carbocycles. The van der Waals surface area contributed by atoms with Crippen molar-refractivity contribution in [2.45, 2.75) is 46.6 Å². The van der Waals surface area contributed by atoms with E-state index in [0.717, 1.165) is 33.9 Å². The van der Waals surface area contributed by atoms with Crippen LogP contribution in [0.15, 0.2) is 47.8 Å². The number of amides is 1. The lowest BCUT2D eigenvalue weighted by Gasteiger charge is -2.09. The summed E-state index contributed by atoms with van der Waals surface area (Å²) in [5, 5.41) is 5.42. The van der Waals surface area contributed by atoms with Gasteiger partial charge in [0.25, 0.3) is 0 Å². The van der Waals surface area contributed by atoms with Gasteiger partial charge in [-0.25, -0.2) is 4.98 Å². The average molecular weight is 425 g/mol. The predicted octanol–water partition coefficient (Wildman–Crippen LogP) is 6.01. The number of thiazole rings is 1. The third kappa shape index (κ3) is 6.32. The lowest BCUT2D eigenvalue weighted by molar-refractivity contribution is -0.116. The highest BCUT2D eigenvalue weighted by Gasteiger charge is 2.09. The maximum atomic E-state index is 12.2. The van der Waals surface area contributed by atoms with Crippen LogP contribution in [0, 0.1) is 13.8 Å². The van der Waals surface area contributed by atoms with Gasteiger partial charge in [-0.15, -0.1) is 11.3 Å². The number of aromatic nitrogens is 1. The van der Waals surface area contributed by atoms with Crippen molar-refractivity contribution in [1.29, 1.82) is 0 Å². The minimum Gasteiger partial charge on any atom is -0.493 e. The second kappa shape index (κ2) is 10.3. The number of hydrogen-bond acceptors (Lipinski definition) is 5. The summed E-state index contributed by atoms with van der Waals surface area (Å²) >= 11 is 1.42. The molecule has 2 aromatic carbocycles. The Morgan fingerprint density at radius 2 is 1.90 bits per heavy atom. The molecule has 0 bridgehead atoms. The summed E-state index contributed by atoms with van der Waals surface area (Å²) in [6, 6.07) is 13.9. The van der Waals surface area contributed by atoms with Crippen LogP contribution in [0.4, 0.5) is 5.13 Å². The lowest BCUT2D eigenvalue weighted by atomic mass is 10.1. The second-order valence-electron chi connectivity index (χ2n) is 7.50. The first kappa shape index (κ1) is 21.8. The van der Waals surface area contributed by atoms with Crippen molar-refractivity contribution in [2.75, 3.05) is 11.9 Å². The Morgan fingerprint density at radius 3 is 2.63 bits per heavy atom. The van der Waals surface area contributed by atoms with Crippen LogP contribution < -0.4 is 14.8 Å². The van der Waals surface area contributed by atoms with Gasteiger partial charge in [-0.3, -0.25) is 4.79 Å². The lowest BCUT2D eigenvalue weighted by Crippen LogP contribution is -2.12. The quantitative estimate of drug-likeness (QED) is 0.427. The molecular formula is C24H28N2O3S. The van der Waals surface area contributed by atoms with E-state index in [1.807, 2.05) is 69.5 Å². The standard InChI is InChI=1S/C24H28N2O3S/c1-16(2)29-20-11-9-19(10-12-20)21-15-30-24(25-21)26-23(27)6-5-13-28-22-14-17(3)7-8-18(22)4/h7-12,14-16H,5-6,13H2,1-4H3,(H,25,26,27). The first-order valence-electron chi connectivity index (χ1n) is 10.1. The summed E-state index contributed by atoms with van der Waals surface area (Å²) in [4.78, 5) is 16.7. The first-order chi connectivity index (χ1) is 14.4. The van der Waals surface area contributed by atoms with Gasteiger partial charge in [-0.2, -0.15) is 0 Å². The molecular weight excluding hydrogens is 396 g/mol. The Kier molecular flexibility index (Phi) is 7.46. The van der Waals surface area contributed by atoms with Crippen LogP contribution in [0.1, 0.15) is 37.8 Å². The van der Waals surface area contributed by atoms with Crippen molar-refractivity contribution in [1.82, 2.24) is 4.98 Å². The van der Waals surface area contributed by atoms with Crippen molar-refractivity contribution in [2.24, 2.45) is 0 Å². The van der Waals surface area contributed by atoms with Gasteiger partial charge in [0, 0.05) is 17.4 Å². The van der Waals surface area contributed by atoms with Gasteiger partial charge < -0.3 is 14.8 Å². The largest absolute Gasteiger partial charge is 0.493 e. The summed E-state index contributed by atoms with van der Waals surface area (Å²) in [5.74, 6) is 1.66. The molecule has 1 N–H and O–H groups in total. The normalized spacial score (nSPS) is 10.8. The third-order valence-corrected chi connectivity index (χ3v) is 5.18. The Hall–Kier alpha value is -2.86. The number of ether oxygens (including phenoxy) is 2. The van der Waals surface area contributed by atoms with Crippen LogP contribution in [-0.2, 0) is 4.79 Å². The fourth-order valence-corrected chi connectivity index (χ4v) is 3.64. The van der Waals surface area contributed by atoms with Gasteiger partial charge in [0.15, 0.2) is 5.13 Å². The van der Waals surface area contributed by atoms with Crippen molar-refractivity contribution < 1.29 is 14.3 Å². The Bertz CT molecular complexity index is 980. The Labute approximate surface area is 182 Å². The maximum Gasteiger partial charge on any atom is 0.226 e. The molecule has 3 aromatic rings. The molecule has 0 radical (unpaired) electrons. The third-order valence-electron chi connectivity index (χ3n) is 4.42. The van der Waals surface area contributed by atoms with Crippen molar-refractivity contribution in [3.05, 3.63) is 59.0 Å². The summed E-state index contributed by atoms with van der Waals surface area (Å²) in [7, 11) is 0. The summed E-state index contributed by atoms with van der Waals surface area (Å²) in [5.41, 5.74) is 4.09. The number of rotatable bonds is 9. The fourth-order valence-electron chi connectivity index (χ4n) is 2.90. The molecule has 5 nitrogen and oxygen atoms in total. The zero-order chi connectivity index (χ0) is 21.5. The highest BCUT2D eigenvalue weighted by atomic mass is 32.1. The molecule has 0 spiro atoms. The van der Waals surface area contributed by atoms with Crippen LogP contribution in [0.25, 0.3) is 11.3 Å².